The van der Waals surface area contributed by atoms with Crippen LogP contribution in [0.25, 0.3) is 0 Å². The summed E-state index contributed by atoms with van der Waals surface area (Å²) in [6, 6.07) is 16.4. The lowest BCUT2D eigenvalue weighted by Crippen LogP contribution is -2.51. The van der Waals surface area contributed by atoms with Gasteiger partial charge in [-0.15, -0.1) is 0 Å². The molecule has 1 amide bonds. The number of esters is 1. The van der Waals surface area contributed by atoms with Crippen LogP contribution in [0.3, 0.4) is 0 Å². The number of benzene rings is 2. The molecule has 1 aliphatic heterocycles. The van der Waals surface area contributed by atoms with Crippen LogP contribution in [0.15, 0.2) is 54.6 Å². The molecule has 0 radical (unpaired) electrons. The van der Waals surface area contributed by atoms with Gasteiger partial charge in [0, 0.05) is 43.9 Å². The van der Waals surface area contributed by atoms with E-state index in [4.69, 9.17) is 16.3 Å². The minimum atomic E-state index is -0.543. The Bertz CT molecular complexity index is 838. The summed E-state index contributed by atoms with van der Waals surface area (Å²) in [7, 11) is 3.18. The van der Waals surface area contributed by atoms with E-state index in [1.807, 2.05) is 48.5 Å². The fraction of sp³-hybridized carbons (Fsp3) is 0.364. The first kappa shape index (κ1) is 21.3. The second-order valence-corrected chi connectivity index (χ2v) is 7.45. The number of likely N-dealkylation sites (N-methyl/N-ethyl adjacent to an activating group) is 1. The zero-order valence-corrected chi connectivity index (χ0v) is 17.5. The van der Waals surface area contributed by atoms with E-state index in [0.29, 0.717) is 37.7 Å². The molecule has 0 bridgehead atoms. The summed E-state index contributed by atoms with van der Waals surface area (Å²) in [5, 5.41) is 0.546. The van der Waals surface area contributed by atoms with Gasteiger partial charge in [0.2, 0.25) is 5.91 Å². The van der Waals surface area contributed by atoms with Gasteiger partial charge in [0.1, 0.15) is 6.04 Å². The molecule has 154 valence electrons. The normalized spacial score (nSPS) is 16.2. The van der Waals surface area contributed by atoms with Gasteiger partial charge in [0.25, 0.3) is 0 Å². The maximum atomic E-state index is 12.6. The molecule has 3 rings (SSSR count). The van der Waals surface area contributed by atoms with Crippen LogP contribution in [-0.2, 0) is 14.3 Å². The van der Waals surface area contributed by atoms with E-state index in [1.54, 1.807) is 18.0 Å². The lowest BCUT2D eigenvalue weighted by Gasteiger charge is -2.38. The Balaban J connectivity index is 1.62. The van der Waals surface area contributed by atoms with Crippen molar-refractivity contribution in [2.75, 3.05) is 51.8 Å². The van der Waals surface area contributed by atoms with Gasteiger partial charge in [-0.1, -0.05) is 48.0 Å². The molecule has 1 fully saturated rings. The first-order valence-electron chi connectivity index (χ1n) is 9.61. The number of ether oxygens (including phenoxy) is 1. The Morgan fingerprint density at radius 2 is 1.66 bits per heavy atom. The summed E-state index contributed by atoms with van der Waals surface area (Å²) in [5.74, 6) is -0.285. The van der Waals surface area contributed by atoms with Crippen molar-refractivity contribution in [3.8, 4) is 0 Å². The molecule has 1 saturated heterocycles. The van der Waals surface area contributed by atoms with Gasteiger partial charge in [-0.2, -0.15) is 0 Å². The van der Waals surface area contributed by atoms with Crippen molar-refractivity contribution in [1.29, 1.82) is 0 Å². The maximum absolute atomic E-state index is 12.6. The highest BCUT2D eigenvalue weighted by Gasteiger charge is 2.33. The third-order valence-corrected chi connectivity index (χ3v) is 5.62. The average Bonchev–Trinajstić information content (AvgIpc) is 2.76. The van der Waals surface area contributed by atoms with Crippen LogP contribution in [-0.4, -0.2) is 68.6 Å². The number of hydrogen-bond acceptors (Lipinski definition) is 5. The summed E-state index contributed by atoms with van der Waals surface area (Å²) >= 11 is 6.33. The molecule has 1 aliphatic rings. The molecule has 0 N–H and O–H groups in total. The molecule has 7 heteroatoms. The number of halogens is 1. The molecule has 2 aromatic carbocycles. The van der Waals surface area contributed by atoms with Crippen molar-refractivity contribution in [2.24, 2.45) is 0 Å². The number of rotatable bonds is 6. The molecular formula is C22H26ClN3O3. The average molecular weight is 416 g/mol. The topological polar surface area (TPSA) is 53.1 Å². The Morgan fingerprint density at radius 3 is 2.28 bits per heavy atom. The lowest BCUT2D eigenvalue weighted by molar-refractivity contribution is -0.148. The molecular weight excluding hydrogens is 390 g/mol. The number of carbonyl (C=O) groups excluding carboxylic acids is 2. The molecule has 1 atom stereocenters. The number of methoxy groups -OCH3 is 1. The van der Waals surface area contributed by atoms with Crippen LogP contribution in [0.1, 0.15) is 11.6 Å². The fourth-order valence-electron chi connectivity index (χ4n) is 3.55. The molecule has 0 spiro atoms. The van der Waals surface area contributed by atoms with Gasteiger partial charge in [-0.25, -0.2) is 4.79 Å². The number of anilines is 1. The minimum absolute atomic E-state index is 0.0419. The molecule has 0 aliphatic carbocycles. The van der Waals surface area contributed by atoms with E-state index in [0.717, 1.165) is 11.3 Å². The second kappa shape index (κ2) is 9.87. The Kier molecular flexibility index (Phi) is 7.25. The maximum Gasteiger partial charge on any atom is 0.327 e. The smallest absolute Gasteiger partial charge is 0.327 e. The SMILES string of the molecule is COC(=O)C(c1ccccc1Cl)N1CCN(CC(=O)N(C)c2ccccc2)CC1. The standard InChI is InChI=1S/C22H26ClN3O3/c1-24(17-8-4-3-5-9-17)20(27)16-25-12-14-26(15-13-25)21(22(28)29-2)18-10-6-7-11-19(18)23/h3-11,21H,12-16H2,1-2H3. The minimum Gasteiger partial charge on any atom is -0.468 e. The molecule has 0 aromatic heterocycles. The van der Waals surface area contributed by atoms with Crippen LogP contribution < -0.4 is 4.90 Å². The Morgan fingerprint density at radius 1 is 1.03 bits per heavy atom. The zero-order valence-electron chi connectivity index (χ0n) is 16.8. The van der Waals surface area contributed by atoms with E-state index in [9.17, 15) is 9.59 Å². The number of carbonyl (C=O) groups is 2. The van der Waals surface area contributed by atoms with Gasteiger partial charge in [-0.05, 0) is 23.8 Å². The first-order chi connectivity index (χ1) is 14.0. The van der Waals surface area contributed by atoms with E-state index in [1.165, 1.54) is 7.11 Å². The van der Waals surface area contributed by atoms with Crippen molar-refractivity contribution >= 4 is 29.2 Å². The summed E-state index contributed by atoms with van der Waals surface area (Å²) in [4.78, 5) is 30.9. The molecule has 1 heterocycles. The van der Waals surface area contributed by atoms with E-state index < -0.39 is 6.04 Å². The second-order valence-electron chi connectivity index (χ2n) is 7.05. The number of para-hydroxylation sites is 1. The van der Waals surface area contributed by atoms with Gasteiger partial charge < -0.3 is 9.64 Å². The number of hydrogen-bond donors (Lipinski definition) is 0. The van der Waals surface area contributed by atoms with Crippen molar-refractivity contribution < 1.29 is 14.3 Å². The van der Waals surface area contributed by atoms with Crippen LogP contribution in [0.2, 0.25) is 5.02 Å². The Labute approximate surface area is 176 Å². The van der Waals surface area contributed by atoms with E-state index in [-0.39, 0.29) is 11.9 Å². The molecule has 6 nitrogen and oxygen atoms in total. The quantitative estimate of drug-likeness (QED) is 0.679. The van der Waals surface area contributed by atoms with E-state index in [2.05, 4.69) is 9.80 Å². The molecule has 29 heavy (non-hydrogen) atoms. The van der Waals surface area contributed by atoms with Crippen molar-refractivity contribution in [1.82, 2.24) is 9.80 Å². The lowest BCUT2D eigenvalue weighted by atomic mass is 10.0. The van der Waals surface area contributed by atoms with Crippen LogP contribution >= 0.6 is 11.6 Å². The van der Waals surface area contributed by atoms with Crippen molar-refractivity contribution in [3.05, 3.63) is 65.2 Å². The largest absolute Gasteiger partial charge is 0.468 e. The fourth-order valence-corrected chi connectivity index (χ4v) is 3.79. The van der Waals surface area contributed by atoms with Crippen LogP contribution in [0, 0.1) is 0 Å². The van der Waals surface area contributed by atoms with Gasteiger partial charge >= 0.3 is 5.97 Å². The van der Waals surface area contributed by atoms with E-state index >= 15 is 0 Å². The molecule has 1 unspecified atom stereocenters. The van der Waals surface area contributed by atoms with Crippen LogP contribution in [0.4, 0.5) is 5.69 Å². The summed E-state index contributed by atoms with van der Waals surface area (Å²) in [6.45, 7) is 3.01. The molecule has 0 saturated carbocycles. The van der Waals surface area contributed by atoms with Crippen LogP contribution in [0.5, 0.6) is 0 Å². The zero-order chi connectivity index (χ0) is 20.8. The number of nitrogens with zero attached hydrogens (tertiary/aromatic N) is 3. The van der Waals surface area contributed by atoms with Gasteiger partial charge in [0.05, 0.1) is 13.7 Å². The highest BCUT2D eigenvalue weighted by atomic mass is 35.5. The Hall–Kier alpha value is -2.41. The summed E-state index contributed by atoms with van der Waals surface area (Å²) in [6.07, 6.45) is 0. The molecule has 2 aromatic rings. The first-order valence-corrected chi connectivity index (χ1v) is 9.99. The predicted molar refractivity (Wildman–Crippen MR) is 114 cm³/mol. The third-order valence-electron chi connectivity index (χ3n) is 5.27. The predicted octanol–water partition coefficient (Wildman–Crippen LogP) is 2.83. The summed E-state index contributed by atoms with van der Waals surface area (Å²) < 4.78 is 5.03. The van der Waals surface area contributed by atoms with Crippen molar-refractivity contribution in [2.45, 2.75) is 6.04 Å². The highest BCUT2D eigenvalue weighted by Crippen LogP contribution is 2.29. The van der Waals surface area contributed by atoms with Gasteiger partial charge in [-0.3, -0.25) is 14.6 Å². The summed E-state index contributed by atoms with van der Waals surface area (Å²) in [5.41, 5.74) is 1.62. The van der Waals surface area contributed by atoms with Crippen molar-refractivity contribution in [3.63, 3.8) is 0 Å². The third kappa shape index (κ3) is 5.15. The highest BCUT2D eigenvalue weighted by molar-refractivity contribution is 6.31. The van der Waals surface area contributed by atoms with Gasteiger partial charge in [0.15, 0.2) is 0 Å². The number of piperazine rings is 1. The number of amides is 1. The monoisotopic (exact) mass is 415 g/mol.